The number of piperazine rings is 1. The fraction of sp³-hybridized carbons (Fsp3) is 0.316. The van der Waals surface area contributed by atoms with Gasteiger partial charge in [-0.1, -0.05) is 12.1 Å². The Morgan fingerprint density at radius 2 is 1.84 bits per heavy atom. The molecule has 0 bridgehead atoms. The van der Waals surface area contributed by atoms with Gasteiger partial charge in [-0.15, -0.1) is 0 Å². The van der Waals surface area contributed by atoms with E-state index in [1.807, 2.05) is 17.9 Å². The van der Waals surface area contributed by atoms with Gasteiger partial charge in [-0.2, -0.15) is 5.10 Å². The number of anilines is 1. The zero-order valence-electron chi connectivity index (χ0n) is 14.5. The van der Waals surface area contributed by atoms with Crippen LogP contribution in [0.25, 0.3) is 5.65 Å². The first-order valence-electron chi connectivity index (χ1n) is 8.54. The lowest BCUT2D eigenvalue weighted by Gasteiger charge is -2.36. The van der Waals surface area contributed by atoms with Gasteiger partial charge in [0.1, 0.15) is 5.69 Å². The molecule has 6 heteroatoms. The number of aryl methyl sites for hydroxylation is 2. The number of carbonyl (C=O) groups excluding carboxylic acids is 1. The minimum absolute atomic E-state index is 0.0133. The number of fused-ring (bicyclic) bond motifs is 1. The lowest BCUT2D eigenvalue weighted by Crippen LogP contribution is -2.49. The Balaban J connectivity index is 1.51. The fourth-order valence-electron chi connectivity index (χ4n) is 3.33. The fourth-order valence-corrected chi connectivity index (χ4v) is 3.33. The SMILES string of the molecule is Cc1cccc(N2CCN(C(=O)c3ccnc4cc(C)nn34)CC2)c1. The van der Waals surface area contributed by atoms with Crippen molar-refractivity contribution in [1.82, 2.24) is 19.5 Å². The van der Waals surface area contributed by atoms with Crippen LogP contribution in [0.1, 0.15) is 21.7 Å². The van der Waals surface area contributed by atoms with Crippen molar-refractivity contribution in [3.8, 4) is 0 Å². The Bertz CT molecular complexity index is 924. The monoisotopic (exact) mass is 335 g/mol. The molecule has 128 valence electrons. The second kappa shape index (κ2) is 6.20. The van der Waals surface area contributed by atoms with E-state index in [0.717, 1.165) is 18.8 Å². The molecule has 4 rings (SSSR count). The quantitative estimate of drug-likeness (QED) is 0.721. The summed E-state index contributed by atoms with van der Waals surface area (Å²) in [6, 6.07) is 12.1. The number of benzene rings is 1. The van der Waals surface area contributed by atoms with Gasteiger partial charge in [0.05, 0.1) is 5.69 Å². The Kier molecular flexibility index (Phi) is 3.87. The van der Waals surface area contributed by atoms with E-state index in [-0.39, 0.29) is 5.91 Å². The highest BCUT2D eigenvalue weighted by Crippen LogP contribution is 2.19. The van der Waals surface area contributed by atoms with Gasteiger partial charge in [-0.3, -0.25) is 4.79 Å². The van der Waals surface area contributed by atoms with E-state index in [1.165, 1.54) is 11.3 Å². The summed E-state index contributed by atoms with van der Waals surface area (Å²) >= 11 is 0. The summed E-state index contributed by atoms with van der Waals surface area (Å²) in [5, 5.41) is 4.40. The van der Waals surface area contributed by atoms with Crippen molar-refractivity contribution in [2.45, 2.75) is 13.8 Å². The van der Waals surface area contributed by atoms with Crippen molar-refractivity contribution in [3.05, 3.63) is 59.5 Å². The number of nitrogens with zero attached hydrogens (tertiary/aromatic N) is 5. The van der Waals surface area contributed by atoms with Gasteiger partial charge in [-0.05, 0) is 37.6 Å². The Morgan fingerprint density at radius 1 is 1.04 bits per heavy atom. The average Bonchev–Trinajstić information content (AvgIpc) is 3.01. The maximum atomic E-state index is 12.9. The van der Waals surface area contributed by atoms with Gasteiger partial charge in [-0.25, -0.2) is 9.50 Å². The van der Waals surface area contributed by atoms with Crippen LogP contribution in [0.3, 0.4) is 0 Å². The van der Waals surface area contributed by atoms with Crippen molar-refractivity contribution >= 4 is 17.2 Å². The van der Waals surface area contributed by atoms with Crippen LogP contribution in [-0.4, -0.2) is 51.6 Å². The molecule has 1 aliphatic heterocycles. The van der Waals surface area contributed by atoms with Gasteiger partial charge in [0, 0.05) is 44.1 Å². The molecule has 2 aromatic heterocycles. The number of hydrogen-bond acceptors (Lipinski definition) is 4. The smallest absolute Gasteiger partial charge is 0.272 e. The lowest BCUT2D eigenvalue weighted by atomic mass is 10.2. The van der Waals surface area contributed by atoms with Crippen LogP contribution in [0.15, 0.2) is 42.6 Å². The van der Waals surface area contributed by atoms with Crippen LogP contribution >= 0.6 is 0 Å². The Hall–Kier alpha value is -2.89. The molecule has 1 saturated heterocycles. The molecule has 6 nitrogen and oxygen atoms in total. The minimum atomic E-state index is 0.0133. The summed E-state index contributed by atoms with van der Waals surface area (Å²) in [4.78, 5) is 21.4. The maximum absolute atomic E-state index is 12.9. The number of aromatic nitrogens is 3. The minimum Gasteiger partial charge on any atom is -0.368 e. The molecule has 3 aromatic rings. The summed E-state index contributed by atoms with van der Waals surface area (Å²) in [6.45, 7) is 7.09. The Labute approximate surface area is 146 Å². The molecule has 0 spiro atoms. The molecular weight excluding hydrogens is 314 g/mol. The topological polar surface area (TPSA) is 53.7 Å². The van der Waals surface area contributed by atoms with E-state index in [1.54, 1.807) is 16.8 Å². The molecule has 1 aromatic carbocycles. The van der Waals surface area contributed by atoms with E-state index in [2.05, 4.69) is 46.2 Å². The number of amides is 1. The molecule has 1 aliphatic rings. The largest absolute Gasteiger partial charge is 0.368 e. The van der Waals surface area contributed by atoms with E-state index < -0.39 is 0 Å². The second-order valence-electron chi connectivity index (χ2n) is 6.50. The van der Waals surface area contributed by atoms with Crippen LogP contribution in [0.5, 0.6) is 0 Å². The second-order valence-corrected chi connectivity index (χ2v) is 6.50. The zero-order chi connectivity index (χ0) is 17.4. The Morgan fingerprint density at radius 3 is 2.60 bits per heavy atom. The third-order valence-electron chi connectivity index (χ3n) is 4.63. The first kappa shape index (κ1) is 15.6. The van der Waals surface area contributed by atoms with Crippen molar-refractivity contribution in [2.75, 3.05) is 31.1 Å². The summed E-state index contributed by atoms with van der Waals surface area (Å²) < 4.78 is 1.64. The van der Waals surface area contributed by atoms with Crippen molar-refractivity contribution < 1.29 is 4.79 Å². The number of rotatable bonds is 2. The first-order chi connectivity index (χ1) is 12.1. The van der Waals surface area contributed by atoms with Crippen molar-refractivity contribution in [1.29, 1.82) is 0 Å². The van der Waals surface area contributed by atoms with Gasteiger partial charge in [0.2, 0.25) is 0 Å². The summed E-state index contributed by atoms with van der Waals surface area (Å²) in [7, 11) is 0. The molecule has 0 N–H and O–H groups in total. The zero-order valence-corrected chi connectivity index (χ0v) is 14.5. The molecule has 0 aliphatic carbocycles. The molecular formula is C19H21N5O. The van der Waals surface area contributed by atoms with Crippen LogP contribution < -0.4 is 4.90 Å². The summed E-state index contributed by atoms with van der Waals surface area (Å²) in [6.07, 6.45) is 1.67. The molecule has 3 heterocycles. The predicted octanol–water partition coefficient (Wildman–Crippen LogP) is 2.31. The van der Waals surface area contributed by atoms with Crippen molar-refractivity contribution in [3.63, 3.8) is 0 Å². The van der Waals surface area contributed by atoms with Gasteiger partial charge >= 0.3 is 0 Å². The van der Waals surface area contributed by atoms with E-state index >= 15 is 0 Å². The first-order valence-corrected chi connectivity index (χ1v) is 8.54. The van der Waals surface area contributed by atoms with Gasteiger partial charge in [0.15, 0.2) is 5.65 Å². The normalized spacial score (nSPS) is 15.0. The van der Waals surface area contributed by atoms with E-state index in [9.17, 15) is 4.79 Å². The molecule has 1 fully saturated rings. The summed E-state index contributed by atoms with van der Waals surface area (Å²) in [5.74, 6) is 0.0133. The van der Waals surface area contributed by atoms with E-state index in [4.69, 9.17) is 0 Å². The average molecular weight is 335 g/mol. The number of carbonyl (C=O) groups is 1. The van der Waals surface area contributed by atoms with Crippen molar-refractivity contribution in [2.24, 2.45) is 0 Å². The van der Waals surface area contributed by atoms with Crippen LogP contribution in [0.2, 0.25) is 0 Å². The molecule has 1 amide bonds. The van der Waals surface area contributed by atoms with E-state index in [0.29, 0.717) is 24.4 Å². The molecule has 0 saturated carbocycles. The standard InChI is InChI=1S/C19H21N5O/c1-14-4-3-5-16(12-14)22-8-10-23(11-9-22)19(25)17-6-7-20-18-13-15(2)21-24(17)18/h3-7,12-13H,8-11H2,1-2H3. The number of hydrogen-bond donors (Lipinski definition) is 0. The third-order valence-corrected chi connectivity index (χ3v) is 4.63. The highest BCUT2D eigenvalue weighted by Gasteiger charge is 2.24. The summed E-state index contributed by atoms with van der Waals surface area (Å²) in [5.41, 5.74) is 4.62. The highest BCUT2D eigenvalue weighted by molar-refractivity contribution is 5.93. The maximum Gasteiger partial charge on any atom is 0.272 e. The highest BCUT2D eigenvalue weighted by atomic mass is 16.2. The predicted molar refractivity (Wildman–Crippen MR) is 97.0 cm³/mol. The van der Waals surface area contributed by atoms with Gasteiger partial charge < -0.3 is 9.80 Å². The molecule has 25 heavy (non-hydrogen) atoms. The molecule has 0 atom stereocenters. The lowest BCUT2D eigenvalue weighted by molar-refractivity contribution is 0.0737. The third kappa shape index (κ3) is 2.95. The van der Waals surface area contributed by atoms with Crippen LogP contribution in [-0.2, 0) is 0 Å². The molecule has 0 unspecified atom stereocenters. The van der Waals surface area contributed by atoms with Gasteiger partial charge in [0.25, 0.3) is 5.91 Å². The van der Waals surface area contributed by atoms with Crippen LogP contribution in [0, 0.1) is 13.8 Å². The van der Waals surface area contributed by atoms with Crippen LogP contribution in [0.4, 0.5) is 5.69 Å². The molecule has 0 radical (unpaired) electrons.